The molecule has 5 heteroatoms. The number of aryl methyl sites for hydroxylation is 2. The highest BCUT2D eigenvalue weighted by Crippen LogP contribution is 2.30. The van der Waals surface area contributed by atoms with E-state index in [0.29, 0.717) is 23.8 Å². The molecule has 4 nitrogen and oxygen atoms in total. The predicted molar refractivity (Wildman–Crippen MR) is 63.5 cm³/mol. The van der Waals surface area contributed by atoms with Gasteiger partial charge >= 0.3 is 0 Å². The van der Waals surface area contributed by atoms with Crippen molar-refractivity contribution in [1.29, 1.82) is 0 Å². The van der Waals surface area contributed by atoms with Crippen LogP contribution in [0.3, 0.4) is 0 Å². The number of rotatable bonds is 3. The first-order chi connectivity index (χ1) is 8.13. The van der Waals surface area contributed by atoms with Gasteiger partial charge in [-0.2, -0.15) is 5.10 Å². The smallest absolute Gasteiger partial charge is 0.241 e. The number of aromatic nitrogens is 2. The van der Waals surface area contributed by atoms with Gasteiger partial charge in [0.2, 0.25) is 5.88 Å². The first-order valence-electron chi connectivity index (χ1n) is 5.38. The third-order valence-electron chi connectivity index (χ3n) is 2.47. The molecule has 0 saturated heterocycles. The fourth-order valence-electron chi connectivity index (χ4n) is 1.53. The van der Waals surface area contributed by atoms with Gasteiger partial charge in [0.1, 0.15) is 5.69 Å². The number of nitrogens with zero attached hydrogens (tertiary/aromatic N) is 2. The van der Waals surface area contributed by atoms with Crippen LogP contribution in [0.4, 0.5) is 10.1 Å². The Morgan fingerprint density at radius 3 is 2.76 bits per heavy atom. The van der Waals surface area contributed by atoms with E-state index < -0.39 is 5.82 Å². The average molecular weight is 235 g/mol. The molecule has 2 N–H and O–H groups in total. The molecule has 1 aromatic heterocycles. The summed E-state index contributed by atoms with van der Waals surface area (Å²) in [7, 11) is 0. The summed E-state index contributed by atoms with van der Waals surface area (Å²) in [6.45, 7) is 4.32. The van der Waals surface area contributed by atoms with Crippen LogP contribution in [-0.2, 0) is 6.54 Å². The summed E-state index contributed by atoms with van der Waals surface area (Å²) in [5, 5.41) is 4.20. The van der Waals surface area contributed by atoms with Crippen molar-refractivity contribution in [2.24, 2.45) is 0 Å². The summed E-state index contributed by atoms with van der Waals surface area (Å²) in [5.41, 5.74) is 6.96. The zero-order valence-electron chi connectivity index (χ0n) is 9.77. The number of ether oxygens (including phenoxy) is 1. The Labute approximate surface area is 98.8 Å². The number of benzene rings is 1. The van der Waals surface area contributed by atoms with Crippen molar-refractivity contribution in [3.8, 4) is 11.6 Å². The van der Waals surface area contributed by atoms with Crippen LogP contribution < -0.4 is 10.5 Å². The number of anilines is 1. The van der Waals surface area contributed by atoms with Crippen molar-refractivity contribution in [2.75, 3.05) is 5.73 Å². The molecule has 0 amide bonds. The quantitative estimate of drug-likeness (QED) is 0.889. The molecule has 0 aliphatic rings. The Kier molecular flexibility index (Phi) is 2.99. The molecule has 1 aromatic carbocycles. The number of nitrogens with two attached hydrogens (primary N) is 1. The van der Waals surface area contributed by atoms with E-state index in [0.717, 1.165) is 0 Å². The number of hydrogen-bond donors (Lipinski definition) is 1. The number of hydrogen-bond acceptors (Lipinski definition) is 3. The maximum atomic E-state index is 13.5. The second kappa shape index (κ2) is 4.45. The number of nitrogen functional groups attached to an aromatic ring is 1. The van der Waals surface area contributed by atoms with Crippen LogP contribution in [0.15, 0.2) is 24.3 Å². The van der Waals surface area contributed by atoms with Crippen LogP contribution >= 0.6 is 0 Å². The zero-order chi connectivity index (χ0) is 12.4. The topological polar surface area (TPSA) is 53.1 Å². The molecule has 0 unspecified atom stereocenters. The molecule has 0 atom stereocenters. The van der Waals surface area contributed by atoms with Crippen LogP contribution in [0, 0.1) is 12.7 Å². The minimum Gasteiger partial charge on any atom is -0.434 e. The van der Waals surface area contributed by atoms with Crippen LogP contribution in [0.2, 0.25) is 0 Å². The molecule has 17 heavy (non-hydrogen) atoms. The first kappa shape index (κ1) is 11.4. The Hall–Kier alpha value is -2.04. The molecular weight excluding hydrogens is 221 g/mol. The third-order valence-corrected chi connectivity index (χ3v) is 2.47. The van der Waals surface area contributed by atoms with Gasteiger partial charge in [0.25, 0.3) is 0 Å². The van der Waals surface area contributed by atoms with E-state index in [1.54, 1.807) is 29.8 Å². The maximum absolute atomic E-state index is 13.5. The molecule has 2 aromatic rings. The highest BCUT2D eigenvalue weighted by Gasteiger charge is 2.15. The van der Waals surface area contributed by atoms with Crippen LogP contribution in [0.1, 0.15) is 12.6 Å². The molecule has 1 heterocycles. The predicted octanol–water partition coefficient (Wildman–Crippen LogP) is 2.73. The van der Waals surface area contributed by atoms with E-state index >= 15 is 0 Å². The van der Waals surface area contributed by atoms with Gasteiger partial charge in [-0.3, -0.25) is 0 Å². The van der Waals surface area contributed by atoms with E-state index in [9.17, 15) is 4.39 Å². The Morgan fingerprint density at radius 1 is 1.41 bits per heavy atom. The Balaban J connectivity index is 2.39. The summed E-state index contributed by atoms with van der Waals surface area (Å²) in [6.07, 6.45) is 0. The lowest BCUT2D eigenvalue weighted by Crippen LogP contribution is -2.01. The van der Waals surface area contributed by atoms with E-state index in [-0.39, 0.29) is 5.75 Å². The molecule has 0 saturated carbocycles. The first-order valence-corrected chi connectivity index (χ1v) is 5.38. The molecule has 2 rings (SSSR count). The monoisotopic (exact) mass is 235 g/mol. The van der Waals surface area contributed by atoms with Crippen molar-refractivity contribution >= 4 is 5.69 Å². The molecular formula is C12H14FN3O. The number of halogens is 1. The van der Waals surface area contributed by atoms with E-state index in [1.807, 2.05) is 6.92 Å². The van der Waals surface area contributed by atoms with Gasteiger partial charge in [-0.05, 0) is 26.0 Å². The average Bonchev–Trinajstić information content (AvgIpc) is 2.59. The highest BCUT2D eigenvalue weighted by atomic mass is 19.1. The third kappa shape index (κ3) is 2.08. The van der Waals surface area contributed by atoms with Gasteiger partial charge < -0.3 is 10.5 Å². The summed E-state index contributed by atoms with van der Waals surface area (Å²) < 4.78 is 20.5. The molecule has 90 valence electrons. The molecule has 0 bridgehead atoms. The summed E-state index contributed by atoms with van der Waals surface area (Å²) in [4.78, 5) is 0. The van der Waals surface area contributed by atoms with Gasteiger partial charge in [0.15, 0.2) is 11.6 Å². The van der Waals surface area contributed by atoms with Gasteiger partial charge in [-0.1, -0.05) is 12.1 Å². The normalized spacial score (nSPS) is 10.5. The lowest BCUT2D eigenvalue weighted by atomic mass is 10.3. The Bertz CT molecular complexity index is 537. The van der Waals surface area contributed by atoms with Gasteiger partial charge in [0.05, 0.1) is 5.69 Å². The molecule has 0 fully saturated rings. The molecule has 0 aliphatic heterocycles. The summed E-state index contributed by atoms with van der Waals surface area (Å²) in [5.74, 6) is 0.109. The van der Waals surface area contributed by atoms with E-state index in [2.05, 4.69) is 5.10 Å². The van der Waals surface area contributed by atoms with Gasteiger partial charge in [0, 0.05) is 6.54 Å². The molecule has 0 spiro atoms. The van der Waals surface area contributed by atoms with Crippen molar-refractivity contribution in [3.05, 3.63) is 35.8 Å². The SMILES string of the molecule is CCn1nc(C)c(N)c1Oc1ccccc1F. The van der Waals surface area contributed by atoms with Gasteiger partial charge in [-0.15, -0.1) is 0 Å². The highest BCUT2D eigenvalue weighted by molar-refractivity contribution is 5.54. The van der Waals surface area contributed by atoms with Crippen molar-refractivity contribution in [1.82, 2.24) is 9.78 Å². The van der Waals surface area contributed by atoms with E-state index in [4.69, 9.17) is 10.5 Å². The minimum atomic E-state index is -0.423. The van der Waals surface area contributed by atoms with Crippen molar-refractivity contribution in [3.63, 3.8) is 0 Å². The molecule has 0 aliphatic carbocycles. The summed E-state index contributed by atoms with van der Waals surface area (Å²) >= 11 is 0. The second-order valence-corrected chi connectivity index (χ2v) is 3.65. The maximum Gasteiger partial charge on any atom is 0.241 e. The fraction of sp³-hybridized carbons (Fsp3) is 0.250. The van der Waals surface area contributed by atoms with Crippen molar-refractivity contribution < 1.29 is 9.13 Å². The van der Waals surface area contributed by atoms with E-state index in [1.165, 1.54) is 6.07 Å². The largest absolute Gasteiger partial charge is 0.434 e. The zero-order valence-corrected chi connectivity index (χ0v) is 9.77. The van der Waals surface area contributed by atoms with Crippen molar-refractivity contribution in [2.45, 2.75) is 20.4 Å². The van der Waals surface area contributed by atoms with Crippen LogP contribution in [0.25, 0.3) is 0 Å². The Morgan fingerprint density at radius 2 is 2.12 bits per heavy atom. The number of para-hydroxylation sites is 1. The fourth-order valence-corrected chi connectivity index (χ4v) is 1.53. The van der Waals surface area contributed by atoms with Crippen LogP contribution in [0.5, 0.6) is 11.6 Å². The second-order valence-electron chi connectivity index (χ2n) is 3.65. The van der Waals surface area contributed by atoms with Crippen LogP contribution in [-0.4, -0.2) is 9.78 Å². The lowest BCUT2D eigenvalue weighted by Gasteiger charge is -2.08. The minimum absolute atomic E-state index is 0.147. The van der Waals surface area contributed by atoms with Gasteiger partial charge in [-0.25, -0.2) is 9.07 Å². The molecule has 0 radical (unpaired) electrons. The standard InChI is InChI=1S/C12H14FN3O/c1-3-16-12(11(14)8(2)15-16)17-10-7-5-4-6-9(10)13/h4-7H,3,14H2,1-2H3. The lowest BCUT2D eigenvalue weighted by molar-refractivity contribution is 0.395. The summed E-state index contributed by atoms with van der Waals surface area (Å²) in [6, 6.07) is 6.20.